The van der Waals surface area contributed by atoms with E-state index < -0.39 is 16.0 Å². The first-order valence-electron chi connectivity index (χ1n) is 7.03. The Bertz CT molecular complexity index is 610. The molecule has 0 aliphatic carbocycles. The smallest absolute Gasteiger partial charge is 0.335 e. The van der Waals surface area contributed by atoms with Gasteiger partial charge in [-0.3, -0.25) is 0 Å². The van der Waals surface area contributed by atoms with E-state index in [0.29, 0.717) is 11.5 Å². The van der Waals surface area contributed by atoms with Crippen LogP contribution in [0.2, 0.25) is 0 Å². The molecule has 0 aromatic heterocycles. The third-order valence-electron chi connectivity index (χ3n) is 3.53. The van der Waals surface area contributed by atoms with Gasteiger partial charge in [-0.05, 0) is 43.9 Å². The van der Waals surface area contributed by atoms with Gasteiger partial charge in [-0.25, -0.2) is 17.9 Å². The van der Waals surface area contributed by atoms with Gasteiger partial charge in [-0.15, -0.1) is 0 Å². The molecule has 6 heteroatoms. The quantitative estimate of drug-likeness (QED) is 0.811. The Morgan fingerprint density at radius 3 is 2.48 bits per heavy atom. The minimum atomic E-state index is -3.71. The highest BCUT2D eigenvalue weighted by Crippen LogP contribution is 2.19. The van der Waals surface area contributed by atoms with E-state index in [-0.39, 0.29) is 16.5 Å². The molecule has 0 radical (unpaired) electrons. The zero-order chi connectivity index (χ0) is 16.2. The van der Waals surface area contributed by atoms with Crippen molar-refractivity contribution >= 4 is 16.0 Å². The zero-order valence-electron chi connectivity index (χ0n) is 12.9. The second-order valence-electron chi connectivity index (χ2n) is 5.56. The maximum absolute atomic E-state index is 12.4. The molecule has 5 nitrogen and oxygen atoms in total. The molecule has 0 aliphatic rings. The van der Waals surface area contributed by atoms with Crippen LogP contribution in [-0.4, -0.2) is 25.5 Å². The molecule has 0 spiro atoms. The normalized spacial score (nSPS) is 14.7. The number of hydrogen-bond donors (Lipinski definition) is 2. The largest absolute Gasteiger partial charge is 0.478 e. The van der Waals surface area contributed by atoms with Crippen molar-refractivity contribution in [1.29, 1.82) is 0 Å². The molecule has 0 fully saturated rings. The highest BCUT2D eigenvalue weighted by atomic mass is 32.2. The first-order valence-corrected chi connectivity index (χ1v) is 8.52. The lowest BCUT2D eigenvalue weighted by atomic mass is 10.0. The van der Waals surface area contributed by atoms with Crippen molar-refractivity contribution in [3.8, 4) is 0 Å². The Balaban J connectivity index is 3.02. The van der Waals surface area contributed by atoms with Crippen molar-refractivity contribution in [1.82, 2.24) is 4.72 Å². The average Bonchev–Trinajstić information content (AvgIpc) is 2.37. The topological polar surface area (TPSA) is 83.5 Å². The molecule has 1 aromatic carbocycles. The number of aryl methyl sites for hydroxylation is 1. The van der Waals surface area contributed by atoms with Crippen LogP contribution in [0.5, 0.6) is 0 Å². The molecule has 0 aliphatic heterocycles. The van der Waals surface area contributed by atoms with Gasteiger partial charge >= 0.3 is 5.97 Å². The highest BCUT2D eigenvalue weighted by molar-refractivity contribution is 7.89. The molecule has 0 saturated heterocycles. The summed E-state index contributed by atoms with van der Waals surface area (Å²) in [7, 11) is -3.71. The van der Waals surface area contributed by atoms with E-state index in [1.165, 1.54) is 18.2 Å². The summed E-state index contributed by atoms with van der Waals surface area (Å²) in [5.41, 5.74) is 0.499. The third-order valence-corrected chi connectivity index (χ3v) is 5.27. The van der Waals surface area contributed by atoms with Gasteiger partial charge in [-0.1, -0.05) is 26.3 Å². The standard InChI is InChI=1S/C15H23NO4S/c1-5-10(2)8-12(4)16-21(19,20)14-9-13(15(17)18)7-6-11(14)3/h6-7,9-10,12,16H,5,8H2,1-4H3,(H,17,18). The van der Waals surface area contributed by atoms with Crippen molar-refractivity contribution in [2.45, 2.75) is 51.5 Å². The van der Waals surface area contributed by atoms with Gasteiger partial charge in [0.05, 0.1) is 10.5 Å². The lowest BCUT2D eigenvalue weighted by Crippen LogP contribution is -2.34. The van der Waals surface area contributed by atoms with Gasteiger partial charge in [0.1, 0.15) is 0 Å². The lowest BCUT2D eigenvalue weighted by molar-refractivity contribution is 0.0696. The fraction of sp³-hybridized carbons (Fsp3) is 0.533. The van der Waals surface area contributed by atoms with Crippen LogP contribution in [0.4, 0.5) is 0 Å². The van der Waals surface area contributed by atoms with Crippen molar-refractivity contribution in [2.75, 3.05) is 0 Å². The van der Waals surface area contributed by atoms with Gasteiger partial charge in [-0.2, -0.15) is 0 Å². The van der Waals surface area contributed by atoms with Crippen LogP contribution in [0.25, 0.3) is 0 Å². The number of rotatable bonds is 7. The van der Waals surface area contributed by atoms with E-state index in [4.69, 9.17) is 5.11 Å². The Hall–Kier alpha value is -1.40. The number of sulfonamides is 1. The summed E-state index contributed by atoms with van der Waals surface area (Å²) in [5, 5.41) is 8.98. The summed E-state index contributed by atoms with van der Waals surface area (Å²) in [6.45, 7) is 7.60. The zero-order valence-corrected chi connectivity index (χ0v) is 13.7. The van der Waals surface area contributed by atoms with Crippen LogP contribution in [0, 0.1) is 12.8 Å². The number of aromatic carboxylic acids is 1. The second-order valence-corrected chi connectivity index (χ2v) is 7.24. The van der Waals surface area contributed by atoms with Gasteiger partial charge in [0.2, 0.25) is 10.0 Å². The Labute approximate surface area is 126 Å². The van der Waals surface area contributed by atoms with Crippen LogP contribution >= 0.6 is 0 Å². The summed E-state index contributed by atoms with van der Waals surface area (Å²) >= 11 is 0. The maximum atomic E-state index is 12.4. The van der Waals surface area contributed by atoms with E-state index in [1.54, 1.807) is 6.92 Å². The molecule has 2 N–H and O–H groups in total. The summed E-state index contributed by atoms with van der Waals surface area (Å²) in [6.07, 6.45) is 1.73. The fourth-order valence-electron chi connectivity index (χ4n) is 2.17. The lowest BCUT2D eigenvalue weighted by Gasteiger charge is -2.18. The fourth-order valence-corrected chi connectivity index (χ4v) is 3.70. The number of carboxylic acids is 1. The summed E-state index contributed by atoms with van der Waals surface area (Å²) in [6, 6.07) is 3.92. The van der Waals surface area contributed by atoms with Gasteiger partial charge < -0.3 is 5.11 Å². The Morgan fingerprint density at radius 1 is 1.33 bits per heavy atom. The van der Waals surface area contributed by atoms with Gasteiger partial charge in [0, 0.05) is 6.04 Å². The van der Waals surface area contributed by atoms with E-state index in [9.17, 15) is 13.2 Å². The van der Waals surface area contributed by atoms with Crippen LogP contribution in [0.1, 0.15) is 49.5 Å². The minimum Gasteiger partial charge on any atom is -0.478 e. The average molecular weight is 313 g/mol. The number of benzene rings is 1. The van der Waals surface area contributed by atoms with E-state index in [1.807, 2.05) is 6.92 Å². The summed E-state index contributed by atoms with van der Waals surface area (Å²) < 4.78 is 27.4. The van der Waals surface area contributed by atoms with Crippen molar-refractivity contribution in [3.05, 3.63) is 29.3 Å². The molecule has 0 bridgehead atoms. The number of nitrogens with one attached hydrogen (secondary N) is 1. The SMILES string of the molecule is CCC(C)CC(C)NS(=O)(=O)c1cc(C(=O)O)ccc1C. The first-order chi connectivity index (χ1) is 9.67. The Morgan fingerprint density at radius 2 is 1.95 bits per heavy atom. The predicted octanol–water partition coefficient (Wildman–Crippen LogP) is 2.80. The van der Waals surface area contributed by atoms with E-state index >= 15 is 0 Å². The van der Waals surface area contributed by atoms with Crippen LogP contribution in [0.3, 0.4) is 0 Å². The number of hydrogen-bond acceptors (Lipinski definition) is 3. The maximum Gasteiger partial charge on any atom is 0.335 e. The second kappa shape index (κ2) is 7.04. The Kier molecular flexibility index (Phi) is 5.92. The van der Waals surface area contributed by atoms with Crippen molar-refractivity contribution in [3.63, 3.8) is 0 Å². The van der Waals surface area contributed by atoms with Gasteiger partial charge in [0.15, 0.2) is 0 Å². The van der Waals surface area contributed by atoms with Crippen LogP contribution < -0.4 is 4.72 Å². The molecule has 1 aromatic rings. The first kappa shape index (κ1) is 17.7. The molecule has 0 heterocycles. The van der Waals surface area contributed by atoms with E-state index in [0.717, 1.165) is 12.8 Å². The molecule has 1 rings (SSSR count). The van der Waals surface area contributed by atoms with Crippen molar-refractivity contribution < 1.29 is 18.3 Å². The molecular formula is C15H23NO4S. The molecule has 21 heavy (non-hydrogen) atoms. The van der Waals surface area contributed by atoms with Crippen molar-refractivity contribution in [2.24, 2.45) is 5.92 Å². The monoisotopic (exact) mass is 313 g/mol. The minimum absolute atomic E-state index is 0.0263. The summed E-state index contributed by atoms with van der Waals surface area (Å²) in [5.74, 6) is -0.715. The predicted molar refractivity (Wildman–Crippen MR) is 82.0 cm³/mol. The third kappa shape index (κ3) is 4.82. The molecule has 0 amide bonds. The molecular weight excluding hydrogens is 290 g/mol. The number of carbonyl (C=O) groups is 1. The van der Waals surface area contributed by atoms with E-state index in [2.05, 4.69) is 18.6 Å². The molecule has 118 valence electrons. The summed E-state index contributed by atoms with van der Waals surface area (Å²) in [4.78, 5) is 11.0. The molecule has 0 saturated carbocycles. The van der Waals surface area contributed by atoms with Gasteiger partial charge in [0.25, 0.3) is 0 Å². The van der Waals surface area contributed by atoms with Crippen LogP contribution in [0.15, 0.2) is 23.1 Å². The van der Waals surface area contributed by atoms with Crippen LogP contribution in [-0.2, 0) is 10.0 Å². The number of carboxylic acid groups (broad SMARTS) is 1. The molecule has 2 unspecified atom stereocenters. The highest BCUT2D eigenvalue weighted by Gasteiger charge is 2.21. The molecule has 2 atom stereocenters.